The van der Waals surface area contributed by atoms with E-state index in [1.807, 2.05) is 25.6 Å². The molecule has 0 radical (unpaired) electrons. The highest BCUT2D eigenvalue weighted by atomic mass is 32.2. The number of thioether (sulfide) groups is 1. The molecule has 0 bridgehead atoms. The molecular formula is C14H15N4S+. The van der Waals surface area contributed by atoms with Gasteiger partial charge in [0.1, 0.15) is 5.88 Å². The summed E-state index contributed by atoms with van der Waals surface area (Å²) in [5.41, 5.74) is 2.55. The zero-order chi connectivity index (χ0) is 13.4. The molecule has 3 rings (SSSR count). The maximum Gasteiger partial charge on any atom is 0.437 e. The van der Waals surface area contributed by atoms with Crippen molar-refractivity contribution >= 4 is 23.9 Å². The second kappa shape index (κ2) is 4.74. The monoisotopic (exact) mass is 271 g/mol. The number of nitrogens with zero attached hydrogens (tertiary/aromatic N) is 4. The molecule has 0 atom stereocenters. The van der Waals surface area contributed by atoms with Gasteiger partial charge in [0, 0.05) is 24.3 Å². The number of fused-ring (bicyclic) bond motifs is 1. The van der Waals surface area contributed by atoms with Gasteiger partial charge in [0.25, 0.3) is 0 Å². The number of hydrogen-bond acceptors (Lipinski definition) is 4. The van der Waals surface area contributed by atoms with E-state index in [0.29, 0.717) is 0 Å². The summed E-state index contributed by atoms with van der Waals surface area (Å²) in [6.45, 7) is 5.94. The Hall–Kier alpha value is -1.75. The predicted molar refractivity (Wildman–Crippen MR) is 76.3 cm³/mol. The van der Waals surface area contributed by atoms with Crippen molar-refractivity contribution in [2.75, 3.05) is 5.88 Å². The van der Waals surface area contributed by atoms with Crippen LogP contribution < -0.4 is 0 Å². The van der Waals surface area contributed by atoms with Crippen LogP contribution in [0, 0.1) is 20.8 Å². The Bertz CT molecular complexity index is 659. The van der Waals surface area contributed by atoms with E-state index in [2.05, 4.69) is 50.9 Å². The second-order valence-electron chi connectivity index (χ2n) is 4.60. The fraction of sp³-hybridized carbons (Fsp3) is 0.286. The molecule has 2 aromatic rings. The van der Waals surface area contributed by atoms with Gasteiger partial charge in [-0.1, -0.05) is 39.9 Å². The average Bonchev–Trinajstić information content (AvgIpc) is 2.37. The summed E-state index contributed by atoms with van der Waals surface area (Å²) in [7, 11) is 0. The molecule has 0 saturated heterocycles. The maximum absolute atomic E-state index is 4.41. The van der Waals surface area contributed by atoms with E-state index in [0.717, 1.165) is 23.5 Å². The van der Waals surface area contributed by atoms with Crippen molar-refractivity contribution in [3.63, 3.8) is 0 Å². The number of aryl methyl sites for hydroxylation is 3. The van der Waals surface area contributed by atoms with Crippen molar-refractivity contribution in [1.82, 2.24) is 15.0 Å². The van der Waals surface area contributed by atoms with Crippen LogP contribution in [0.5, 0.6) is 0 Å². The van der Waals surface area contributed by atoms with Gasteiger partial charge in [-0.3, -0.25) is 0 Å². The molecule has 0 amide bonds. The van der Waals surface area contributed by atoms with Crippen LogP contribution in [0.3, 0.4) is 0 Å². The molecule has 0 saturated carbocycles. The van der Waals surface area contributed by atoms with Gasteiger partial charge in [-0.05, 0) is 12.5 Å². The van der Waals surface area contributed by atoms with Crippen LogP contribution in [0.4, 0.5) is 5.95 Å². The minimum Gasteiger partial charge on any atom is -0.222 e. The molecule has 1 aromatic carbocycles. The molecule has 1 aliphatic rings. The third kappa shape index (κ3) is 2.38. The zero-order valence-corrected chi connectivity index (χ0v) is 12.0. The molecule has 5 heteroatoms. The Balaban J connectivity index is 2.08. The highest BCUT2D eigenvalue weighted by Gasteiger charge is 2.20. The lowest BCUT2D eigenvalue weighted by Crippen LogP contribution is -2.16. The Labute approximate surface area is 116 Å². The lowest BCUT2D eigenvalue weighted by molar-refractivity contribution is -0.420. The minimum absolute atomic E-state index is 0.727. The van der Waals surface area contributed by atoms with Gasteiger partial charge in [-0.2, -0.15) is 4.98 Å². The smallest absolute Gasteiger partial charge is 0.222 e. The van der Waals surface area contributed by atoms with Crippen molar-refractivity contribution in [2.24, 2.45) is 0 Å². The Morgan fingerprint density at radius 3 is 2.53 bits per heavy atom. The highest BCUT2D eigenvalue weighted by molar-refractivity contribution is 7.99. The summed E-state index contributed by atoms with van der Waals surface area (Å²) in [5, 5.41) is 0. The van der Waals surface area contributed by atoms with Crippen LogP contribution in [-0.4, -0.2) is 31.6 Å². The Kier molecular flexibility index (Phi) is 3.06. The predicted octanol–water partition coefficient (Wildman–Crippen LogP) is 2.62. The third-order valence-corrected chi connectivity index (χ3v) is 4.24. The van der Waals surface area contributed by atoms with Crippen molar-refractivity contribution in [2.45, 2.75) is 25.7 Å². The molecule has 0 spiro atoms. The van der Waals surface area contributed by atoms with E-state index >= 15 is 0 Å². The van der Waals surface area contributed by atoms with Crippen LogP contribution in [0.25, 0.3) is 0 Å². The van der Waals surface area contributed by atoms with Crippen molar-refractivity contribution in [3.05, 3.63) is 41.0 Å². The molecule has 4 nitrogen and oxygen atoms in total. The van der Waals surface area contributed by atoms with E-state index in [4.69, 9.17) is 0 Å². The lowest BCUT2D eigenvalue weighted by Gasteiger charge is -2.15. The van der Waals surface area contributed by atoms with Gasteiger partial charge in [0.05, 0.1) is 6.21 Å². The second-order valence-corrected chi connectivity index (χ2v) is 5.55. The largest absolute Gasteiger partial charge is 0.437 e. The van der Waals surface area contributed by atoms with Gasteiger partial charge in [0.15, 0.2) is 0 Å². The first-order chi connectivity index (χ1) is 9.13. The number of aromatic nitrogens is 3. The minimum atomic E-state index is 0.727. The number of hydrogen-bond donors (Lipinski definition) is 0. The van der Waals surface area contributed by atoms with Crippen LogP contribution >= 0.6 is 11.8 Å². The Morgan fingerprint density at radius 2 is 1.79 bits per heavy atom. The SMILES string of the molecule is Cc1nc(C)nc([N+]2=Cc3cccc(C)c3SC2)n1. The van der Waals surface area contributed by atoms with Gasteiger partial charge < -0.3 is 0 Å². The molecule has 0 unspecified atom stereocenters. The van der Waals surface area contributed by atoms with Gasteiger partial charge in [-0.25, -0.2) is 4.58 Å². The summed E-state index contributed by atoms with van der Waals surface area (Å²) < 4.78 is 2.08. The first kappa shape index (κ1) is 12.3. The standard InChI is InChI=1S/C14H15N4S/c1-9-5-4-6-12-7-18(8-19-13(9)12)14-16-10(2)15-11(3)17-14/h4-7H,8H2,1-3H3/q+1. The van der Waals surface area contributed by atoms with E-state index in [-0.39, 0.29) is 0 Å². The number of rotatable bonds is 1. The summed E-state index contributed by atoms with van der Waals surface area (Å²) in [6.07, 6.45) is 2.12. The lowest BCUT2D eigenvalue weighted by atomic mass is 10.1. The molecule has 2 heterocycles. The molecule has 1 aliphatic heterocycles. The quantitative estimate of drug-likeness (QED) is 0.748. The van der Waals surface area contributed by atoms with Crippen molar-refractivity contribution in [1.29, 1.82) is 0 Å². The fourth-order valence-electron chi connectivity index (χ4n) is 2.16. The molecule has 96 valence electrons. The van der Waals surface area contributed by atoms with Crippen LogP contribution in [0.2, 0.25) is 0 Å². The van der Waals surface area contributed by atoms with Gasteiger partial charge >= 0.3 is 5.95 Å². The van der Waals surface area contributed by atoms with Gasteiger partial charge in [-0.15, -0.1) is 0 Å². The summed E-state index contributed by atoms with van der Waals surface area (Å²) >= 11 is 1.82. The van der Waals surface area contributed by atoms with E-state index in [9.17, 15) is 0 Å². The number of benzene rings is 1. The topological polar surface area (TPSA) is 41.7 Å². The Morgan fingerprint density at radius 1 is 1.05 bits per heavy atom. The van der Waals surface area contributed by atoms with Gasteiger partial charge in [0.2, 0.25) is 11.6 Å². The summed E-state index contributed by atoms with van der Waals surface area (Å²) in [4.78, 5) is 14.4. The van der Waals surface area contributed by atoms with E-state index in [1.165, 1.54) is 16.0 Å². The first-order valence-electron chi connectivity index (χ1n) is 6.17. The van der Waals surface area contributed by atoms with E-state index in [1.54, 1.807) is 0 Å². The van der Waals surface area contributed by atoms with Crippen molar-refractivity contribution in [3.8, 4) is 0 Å². The molecule has 19 heavy (non-hydrogen) atoms. The van der Waals surface area contributed by atoms with E-state index < -0.39 is 0 Å². The molecular weight excluding hydrogens is 256 g/mol. The first-order valence-corrected chi connectivity index (χ1v) is 7.15. The molecule has 0 aliphatic carbocycles. The van der Waals surface area contributed by atoms with Crippen LogP contribution in [0.1, 0.15) is 22.8 Å². The molecule has 0 fully saturated rings. The molecule has 0 N–H and O–H groups in total. The molecule has 1 aromatic heterocycles. The summed E-state index contributed by atoms with van der Waals surface area (Å²) in [5.74, 6) is 3.08. The highest BCUT2D eigenvalue weighted by Crippen LogP contribution is 2.30. The van der Waals surface area contributed by atoms with Crippen LogP contribution in [0.15, 0.2) is 23.1 Å². The average molecular weight is 271 g/mol. The van der Waals surface area contributed by atoms with Crippen LogP contribution in [-0.2, 0) is 0 Å². The third-order valence-electron chi connectivity index (χ3n) is 2.99. The normalized spacial score (nSPS) is 13.9. The fourth-order valence-corrected chi connectivity index (χ4v) is 3.20. The summed E-state index contributed by atoms with van der Waals surface area (Å²) in [6, 6.07) is 6.35. The maximum atomic E-state index is 4.41. The van der Waals surface area contributed by atoms with Crippen molar-refractivity contribution < 1.29 is 4.58 Å². The zero-order valence-electron chi connectivity index (χ0n) is 11.2.